The molecule has 2 heterocycles. The van der Waals surface area contributed by atoms with Crippen LogP contribution in [0.3, 0.4) is 0 Å². The second kappa shape index (κ2) is 3.95. The van der Waals surface area contributed by atoms with Crippen LogP contribution in [0, 0.1) is 0 Å². The Labute approximate surface area is 89.9 Å². The number of hydrogen-bond acceptors (Lipinski definition) is 4. The van der Waals surface area contributed by atoms with Crippen LogP contribution in [-0.4, -0.2) is 22.6 Å². The first-order chi connectivity index (χ1) is 6.72. The van der Waals surface area contributed by atoms with Crippen LogP contribution in [0.25, 0.3) is 0 Å². The summed E-state index contributed by atoms with van der Waals surface area (Å²) in [6.45, 7) is 6.48. The van der Waals surface area contributed by atoms with E-state index in [2.05, 4.69) is 36.5 Å². The molecule has 0 bridgehead atoms. The first kappa shape index (κ1) is 10.1. The Morgan fingerprint density at radius 2 is 2.36 bits per heavy atom. The van der Waals surface area contributed by atoms with E-state index in [-0.39, 0.29) is 0 Å². The molecule has 3 nitrogen and oxygen atoms in total. The van der Waals surface area contributed by atoms with Gasteiger partial charge in [0.1, 0.15) is 5.76 Å². The molecule has 0 saturated carbocycles. The minimum atomic E-state index is 0.589. The van der Waals surface area contributed by atoms with E-state index < -0.39 is 0 Å². The largest absolute Gasteiger partial charge is 0.361 e. The molecule has 0 fully saturated rings. The number of hydrogen-bond donors (Lipinski definition) is 1. The molecule has 0 aliphatic carbocycles. The van der Waals surface area contributed by atoms with E-state index in [0.29, 0.717) is 11.8 Å². The third-order valence-corrected chi connectivity index (χ3v) is 3.12. The summed E-state index contributed by atoms with van der Waals surface area (Å²) in [4.78, 5) is 2.44. The van der Waals surface area contributed by atoms with Crippen LogP contribution in [0.5, 0.6) is 0 Å². The summed E-state index contributed by atoms with van der Waals surface area (Å²) in [7, 11) is 0. The zero-order valence-electron chi connectivity index (χ0n) is 8.66. The summed E-state index contributed by atoms with van der Waals surface area (Å²) in [5, 5.41) is 4.03. The lowest BCUT2D eigenvalue weighted by atomic mass is 10.1. The minimum Gasteiger partial charge on any atom is -0.361 e. The van der Waals surface area contributed by atoms with Crippen LogP contribution < -0.4 is 0 Å². The highest BCUT2D eigenvalue weighted by Crippen LogP contribution is 2.24. The Morgan fingerprint density at radius 3 is 3.00 bits per heavy atom. The third kappa shape index (κ3) is 1.68. The highest BCUT2D eigenvalue weighted by molar-refractivity contribution is 7.79. The van der Waals surface area contributed by atoms with Gasteiger partial charge < -0.3 is 4.52 Å². The lowest BCUT2D eigenvalue weighted by Crippen LogP contribution is -2.35. The van der Waals surface area contributed by atoms with Crippen LogP contribution in [0.15, 0.2) is 4.52 Å². The quantitative estimate of drug-likeness (QED) is 0.759. The van der Waals surface area contributed by atoms with Gasteiger partial charge in [0.05, 0.1) is 5.69 Å². The molecule has 1 aromatic heterocycles. The zero-order valence-corrected chi connectivity index (χ0v) is 9.55. The summed E-state index contributed by atoms with van der Waals surface area (Å²) in [6.07, 6.45) is 0.980. The molecule has 0 radical (unpaired) electrons. The Bertz CT molecular complexity index is 308. The average molecular weight is 212 g/mol. The van der Waals surface area contributed by atoms with E-state index in [1.54, 1.807) is 0 Å². The highest BCUT2D eigenvalue weighted by atomic mass is 32.1. The Morgan fingerprint density at radius 1 is 1.57 bits per heavy atom. The van der Waals surface area contributed by atoms with Gasteiger partial charge in [-0.3, -0.25) is 4.90 Å². The molecule has 0 spiro atoms. The van der Waals surface area contributed by atoms with E-state index >= 15 is 0 Å². The molecule has 0 unspecified atom stereocenters. The number of thiol groups is 1. The van der Waals surface area contributed by atoms with Crippen molar-refractivity contribution in [3.05, 3.63) is 17.0 Å². The van der Waals surface area contributed by atoms with Crippen molar-refractivity contribution in [1.82, 2.24) is 10.1 Å². The molecule has 0 atom stereocenters. The maximum atomic E-state index is 5.28. The van der Waals surface area contributed by atoms with Gasteiger partial charge in [-0.25, -0.2) is 0 Å². The molecular formula is C10H16N2OS. The van der Waals surface area contributed by atoms with Gasteiger partial charge in [-0.2, -0.15) is 12.6 Å². The zero-order chi connectivity index (χ0) is 10.1. The molecule has 0 N–H and O–H groups in total. The first-order valence-corrected chi connectivity index (χ1v) is 5.67. The van der Waals surface area contributed by atoms with E-state index in [1.807, 2.05) is 0 Å². The van der Waals surface area contributed by atoms with Crippen molar-refractivity contribution in [2.24, 2.45) is 0 Å². The van der Waals surface area contributed by atoms with Crippen molar-refractivity contribution < 1.29 is 4.52 Å². The molecule has 1 aliphatic rings. The van der Waals surface area contributed by atoms with E-state index in [0.717, 1.165) is 31.0 Å². The molecule has 0 saturated heterocycles. The summed E-state index contributed by atoms with van der Waals surface area (Å²) in [5.41, 5.74) is 2.27. The average Bonchev–Trinajstić information content (AvgIpc) is 2.59. The maximum absolute atomic E-state index is 5.28. The van der Waals surface area contributed by atoms with Crippen molar-refractivity contribution in [2.45, 2.75) is 38.6 Å². The van der Waals surface area contributed by atoms with Gasteiger partial charge in [0.2, 0.25) is 0 Å². The van der Waals surface area contributed by atoms with Gasteiger partial charge in [-0.05, 0) is 13.8 Å². The molecule has 1 aliphatic heterocycles. The van der Waals surface area contributed by atoms with Gasteiger partial charge in [0.15, 0.2) is 0 Å². The fourth-order valence-corrected chi connectivity index (χ4v) is 2.10. The molecule has 2 rings (SSSR count). The molecule has 78 valence electrons. The fraction of sp³-hybridized carbons (Fsp3) is 0.700. The summed E-state index contributed by atoms with van der Waals surface area (Å²) >= 11 is 4.25. The standard InChI is InChI=1S/C10H16N2OS/c1-7(2)12-4-3-10-8(5-12)9(6-14)11-13-10/h7,14H,3-6H2,1-2H3. The molecule has 14 heavy (non-hydrogen) atoms. The first-order valence-electron chi connectivity index (χ1n) is 5.03. The third-order valence-electron chi connectivity index (χ3n) is 2.82. The Balaban J connectivity index is 2.23. The van der Waals surface area contributed by atoms with Crippen LogP contribution in [0.1, 0.15) is 30.9 Å². The minimum absolute atomic E-state index is 0.589. The number of aromatic nitrogens is 1. The lowest BCUT2D eigenvalue weighted by molar-refractivity contribution is 0.192. The van der Waals surface area contributed by atoms with Crippen molar-refractivity contribution in [3.8, 4) is 0 Å². The Hall–Kier alpha value is -0.480. The Kier molecular flexibility index (Phi) is 2.83. The van der Waals surface area contributed by atoms with Crippen LogP contribution in [0.4, 0.5) is 0 Å². The van der Waals surface area contributed by atoms with Gasteiger partial charge >= 0.3 is 0 Å². The van der Waals surface area contributed by atoms with Gasteiger partial charge in [0, 0.05) is 36.9 Å². The second-order valence-electron chi connectivity index (χ2n) is 4.00. The van der Waals surface area contributed by atoms with Gasteiger partial charge in [-0.15, -0.1) is 0 Å². The summed E-state index contributed by atoms with van der Waals surface area (Å²) < 4.78 is 5.28. The summed E-state index contributed by atoms with van der Waals surface area (Å²) in [5.74, 6) is 1.73. The van der Waals surface area contributed by atoms with Gasteiger partial charge in [-0.1, -0.05) is 5.16 Å². The number of rotatable bonds is 2. The lowest BCUT2D eigenvalue weighted by Gasteiger charge is -2.29. The second-order valence-corrected chi connectivity index (χ2v) is 4.32. The van der Waals surface area contributed by atoms with Crippen molar-refractivity contribution in [2.75, 3.05) is 6.54 Å². The predicted octanol–water partition coefficient (Wildman–Crippen LogP) is 1.87. The van der Waals surface area contributed by atoms with E-state index in [9.17, 15) is 0 Å². The molecule has 0 aromatic carbocycles. The van der Waals surface area contributed by atoms with Crippen LogP contribution >= 0.6 is 12.6 Å². The smallest absolute Gasteiger partial charge is 0.142 e. The predicted molar refractivity (Wildman–Crippen MR) is 58.4 cm³/mol. The SMILES string of the molecule is CC(C)N1CCc2onc(CS)c2C1. The molecule has 0 amide bonds. The molecule has 4 heteroatoms. The van der Waals surface area contributed by atoms with Crippen LogP contribution in [0.2, 0.25) is 0 Å². The molecular weight excluding hydrogens is 196 g/mol. The fourth-order valence-electron chi connectivity index (χ4n) is 1.85. The van der Waals surface area contributed by atoms with Crippen molar-refractivity contribution in [1.29, 1.82) is 0 Å². The van der Waals surface area contributed by atoms with E-state index in [4.69, 9.17) is 4.52 Å². The van der Waals surface area contributed by atoms with Crippen molar-refractivity contribution >= 4 is 12.6 Å². The number of fused-ring (bicyclic) bond motifs is 1. The topological polar surface area (TPSA) is 29.3 Å². The number of nitrogens with zero attached hydrogens (tertiary/aromatic N) is 2. The highest BCUT2D eigenvalue weighted by Gasteiger charge is 2.24. The van der Waals surface area contributed by atoms with E-state index in [1.165, 1.54) is 5.56 Å². The van der Waals surface area contributed by atoms with Gasteiger partial charge in [0.25, 0.3) is 0 Å². The molecule has 1 aromatic rings. The normalized spacial score (nSPS) is 17.4. The van der Waals surface area contributed by atoms with Crippen LogP contribution in [-0.2, 0) is 18.7 Å². The summed E-state index contributed by atoms with van der Waals surface area (Å²) in [6, 6.07) is 0.589. The monoisotopic (exact) mass is 212 g/mol. The van der Waals surface area contributed by atoms with Crippen molar-refractivity contribution in [3.63, 3.8) is 0 Å². The maximum Gasteiger partial charge on any atom is 0.142 e.